The van der Waals surface area contributed by atoms with Gasteiger partial charge in [-0.25, -0.2) is 0 Å². The average molecular weight is 434 g/mol. The largest absolute Gasteiger partial charge is 0.425 e. The molecule has 2 amide bonds. The van der Waals surface area contributed by atoms with Crippen LogP contribution in [0.15, 0.2) is 42.7 Å². The first-order valence-corrected chi connectivity index (χ1v) is 9.90. The monoisotopic (exact) mass is 434 g/mol. The number of anilines is 2. The minimum Gasteiger partial charge on any atom is -0.338 e. The Balaban J connectivity index is 1.65. The van der Waals surface area contributed by atoms with Crippen molar-refractivity contribution in [3.8, 4) is 0 Å². The molecule has 30 heavy (non-hydrogen) atoms. The predicted molar refractivity (Wildman–Crippen MR) is 107 cm³/mol. The van der Waals surface area contributed by atoms with Gasteiger partial charge in [-0.3, -0.25) is 19.5 Å². The molecule has 0 bridgehead atoms. The molecular formula is C20H17F3N4O2S. The molecular weight excluding hydrogens is 417 g/mol. The summed E-state index contributed by atoms with van der Waals surface area (Å²) in [4.78, 5) is 30.6. The van der Waals surface area contributed by atoms with Crippen molar-refractivity contribution in [2.45, 2.75) is 26.1 Å². The Kier molecular flexibility index (Phi) is 4.89. The van der Waals surface area contributed by atoms with Gasteiger partial charge in [0.1, 0.15) is 10.6 Å². The van der Waals surface area contributed by atoms with Gasteiger partial charge in [-0.05, 0) is 44.2 Å². The number of alkyl halides is 3. The van der Waals surface area contributed by atoms with Crippen LogP contribution in [0.25, 0.3) is 0 Å². The van der Waals surface area contributed by atoms with E-state index >= 15 is 0 Å². The quantitative estimate of drug-likeness (QED) is 0.647. The van der Waals surface area contributed by atoms with Crippen LogP contribution in [-0.4, -0.2) is 27.9 Å². The van der Waals surface area contributed by atoms with E-state index in [0.717, 1.165) is 11.8 Å². The van der Waals surface area contributed by atoms with Crippen LogP contribution in [-0.2, 0) is 6.18 Å². The smallest absolute Gasteiger partial charge is 0.338 e. The number of carbonyl (C=O) groups excluding carboxylic acids is 2. The lowest BCUT2D eigenvalue weighted by Crippen LogP contribution is -2.42. The van der Waals surface area contributed by atoms with Crippen LogP contribution < -0.4 is 10.2 Å². The fraction of sp³-hybridized carbons (Fsp3) is 0.250. The number of carbonyl (C=O) groups is 2. The first kappa shape index (κ1) is 20.1. The van der Waals surface area contributed by atoms with E-state index in [-0.39, 0.29) is 28.8 Å². The van der Waals surface area contributed by atoms with Gasteiger partial charge in [-0.1, -0.05) is 0 Å². The van der Waals surface area contributed by atoms with Gasteiger partial charge in [-0.2, -0.15) is 13.2 Å². The van der Waals surface area contributed by atoms with Crippen LogP contribution in [0.4, 0.5) is 23.9 Å². The van der Waals surface area contributed by atoms with Crippen molar-refractivity contribution >= 4 is 33.8 Å². The molecule has 4 heterocycles. The van der Waals surface area contributed by atoms with Crippen LogP contribution in [0.5, 0.6) is 0 Å². The minimum absolute atomic E-state index is 0.147. The zero-order valence-corrected chi connectivity index (χ0v) is 16.8. The molecule has 1 aliphatic heterocycles. The Morgan fingerprint density at radius 1 is 1.23 bits per heavy atom. The maximum absolute atomic E-state index is 13.1. The van der Waals surface area contributed by atoms with E-state index in [2.05, 4.69) is 10.3 Å². The Bertz CT molecular complexity index is 1120. The van der Waals surface area contributed by atoms with Gasteiger partial charge in [-0.15, -0.1) is 11.3 Å². The summed E-state index contributed by atoms with van der Waals surface area (Å²) in [5.74, 6) is -1.00. The summed E-state index contributed by atoms with van der Waals surface area (Å²) < 4.78 is 40.6. The highest BCUT2D eigenvalue weighted by Gasteiger charge is 2.37. The minimum atomic E-state index is -4.47. The number of nitrogens with one attached hydrogen (secondary N) is 1. The van der Waals surface area contributed by atoms with Gasteiger partial charge in [0, 0.05) is 24.5 Å². The lowest BCUT2D eigenvalue weighted by molar-refractivity contribution is -0.134. The number of thiophene rings is 1. The summed E-state index contributed by atoms with van der Waals surface area (Å²) in [7, 11) is 0. The molecule has 0 saturated carbocycles. The topological polar surface area (TPSA) is 67.2 Å². The average Bonchev–Trinajstić information content (AvgIpc) is 3.34. The van der Waals surface area contributed by atoms with Crippen molar-refractivity contribution in [3.05, 3.63) is 64.6 Å². The molecule has 0 aromatic carbocycles. The second-order valence-electron chi connectivity index (χ2n) is 7.03. The lowest BCUT2D eigenvalue weighted by atomic mass is 10.1. The van der Waals surface area contributed by atoms with Crippen LogP contribution in [0.3, 0.4) is 0 Å². The maximum Gasteiger partial charge on any atom is 0.425 e. The second kappa shape index (κ2) is 7.28. The van der Waals surface area contributed by atoms with Crippen molar-refractivity contribution < 1.29 is 22.8 Å². The molecule has 10 heteroatoms. The molecule has 156 valence electrons. The number of nitrogens with zero attached hydrogens (tertiary/aromatic N) is 3. The molecule has 0 aliphatic carbocycles. The van der Waals surface area contributed by atoms with Gasteiger partial charge >= 0.3 is 6.18 Å². The number of aryl methyl sites for hydroxylation is 1. The van der Waals surface area contributed by atoms with Gasteiger partial charge in [0.2, 0.25) is 0 Å². The molecule has 0 radical (unpaired) electrons. The highest BCUT2D eigenvalue weighted by Crippen LogP contribution is 2.40. The molecule has 0 fully saturated rings. The highest BCUT2D eigenvalue weighted by atomic mass is 32.1. The molecule has 4 rings (SSSR count). The van der Waals surface area contributed by atoms with Crippen LogP contribution in [0, 0.1) is 6.92 Å². The van der Waals surface area contributed by atoms with Crippen molar-refractivity contribution in [3.63, 3.8) is 0 Å². The second-order valence-corrected chi connectivity index (χ2v) is 8.09. The summed E-state index contributed by atoms with van der Waals surface area (Å²) in [5, 5.41) is 2.90. The third-order valence-corrected chi connectivity index (χ3v) is 5.99. The van der Waals surface area contributed by atoms with E-state index < -0.39 is 22.9 Å². The number of pyridine rings is 1. The summed E-state index contributed by atoms with van der Waals surface area (Å²) in [6.07, 6.45) is -1.31. The van der Waals surface area contributed by atoms with Gasteiger partial charge in [0.05, 0.1) is 22.4 Å². The third-order valence-electron chi connectivity index (χ3n) is 4.84. The fourth-order valence-corrected chi connectivity index (χ4v) is 4.22. The lowest BCUT2D eigenvalue weighted by Gasteiger charge is -2.32. The maximum atomic E-state index is 13.1. The number of hydrogen-bond acceptors (Lipinski definition) is 4. The Labute approximate surface area is 174 Å². The molecule has 1 N–H and O–H groups in total. The van der Waals surface area contributed by atoms with Crippen molar-refractivity contribution in [2.75, 3.05) is 16.8 Å². The van der Waals surface area contributed by atoms with E-state index in [9.17, 15) is 22.8 Å². The van der Waals surface area contributed by atoms with Crippen LogP contribution in [0.2, 0.25) is 0 Å². The molecule has 1 aliphatic rings. The van der Waals surface area contributed by atoms with Crippen molar-refractivity contribution in [2.24, 2.45) is 0 Å². The third kappa shape index (κ3) is 3.58. The number of halogens is 3. The van der Waals surface area contributed by atoms with E-state index in [1.54, 1.807) is 29.0 Å². The number of amides is 2. The summed E-state index contributed by atoms with van der Waals surface area (Å²) in [6, 6.07) is 7.02. The Hall–Kier alpha value is -3.14. The Morgan fingerprint density at radius 2 is 2.00 bits per heavy atom. The zero-order chi connectivity index (χ0) is 21.6. The number of fused-ring (bicyclic) bond motifs is 1. The number of aromatic nitrogens is 2. The first-order chi connectivity index (χ1) is 14.1. The highest BCUT2D eigenvalue weighted by molar-refractivity contribution is 7.16. The summed E-state index contributed by atoms with van der Waals surface area (Å²) in [6.45, 7) is 3.87. The normalized spacial score (nSPS) is 16.5. The fourth-order valence-electron chi connectivity index (χ4n) is 3.34. The van der Waals surface area contributed by atoms with Crippen molar-refractivity contribution in [1.82, 2.24) is 9.55 Å². The van der Waals surface area contributed by atoms with Crippen molar-refractivity contribution in [1.29, 1.82) is 0 Å². The van der Waals surface area contributed by atoms with E-state index in [4.69, 9.17) is 0 Å². The standard InChI is InChI=1S/C20H17F3N4O2S/c1-11-3-4-13(9-24-11)25-18(28)14-7-8-26-12(2)10-27(19(29)17(14)26)16-6-5-15(30-16)20(21,22)23/h3-9,12H,10H2,1-2H3,(H,25,28)/t12-/m0/s1. The molecule has 3 aromatic rings. The summed E-state index contributed by atoms with van der Waals surface area (Å²) >= 11 is 0.510. The number of rotatable bonds is 3. The predicted octanol–water partition coefficient (Wildman–Crippen LogP) is 4.75. The van der Waals surface area contributed by atoms with E-state index in [1.165, 1.54) is 17.2 Å². The SMILES string of the molecule is Cc1ccc(NC(=O)c2ccn3c2C(=O)N(c2ccc(C(F)(F)F)s2)C[C@@H]3C)cn1. The van der Waals surface area contributed by atoms with E-state index in [1.807, 2.05) is 13.8 Å². The molecule has 0 unspecified atom stereocenters. The van der Waals surface area contributed by atoms with Crippen LogP contribution >= 0.6 is 11.3 Å². The first-order valence-electron chi connectivity index (χ1n) is 9.09. The molecule has 3 aromatic heterocycles. The van der Waals surface area contributed by atoms with Gasteiger partial charge < -0.3 is 9.88 Å². The molecule has 0 spiro atoms. The molecule has 6 nitrogen and oxygen atoms in total. The van der Waals surface area contributed by atoms with Gasteiger partial charge in [0.15, 0.2) is 0 Å². The van der Waals surface area contributed by atoms with Gasteiger partial charge in [0.25, 0.3) is 11.8 Å². The summed E-state index contributed by atoms with van der Waals surface area (Å²) in [5.41, 5.74) is 1.58. The van der Waals surface area contributed by atoms with Crippen LogP contribution in [0.1, 0.15) is 44.4 Å². The number of hydrogen-bond donors (Lipinski definition) is 1. The molecule has 0 saturated heterocycles. The Morgan fingerprint density at radius 3 is 2.63 bits per heavy atom. The van der Waals surface area contributed by atoms with E-state index in [0.29, 0.717) is 17.0 Å². The zero-order valence-electron chi connectivity index (χ0n) is 16.0. The molecule has 1 atom stereocenters.